The van der Waals surface area contributed by atoms with Crippen molar-refractivity contribution >= 4 is 16.9 Å². The molecule has 1 saturated heterocycles. The highest BCUT2D eigenvalue weighted by Gasteiger charge is 2.36. The van der Waals surface area contributed by atoms with Gasteiger partial charge in [0.15, 0.2) is 5.65 Å². The van der Waals surface area contributed by atoms with Crippen molar-refractivity contribution in [3.05, 3.63) is 95.6 Å². The number of aromatic nitrogens is 3. The van der Waals surface area contributed by atoms with E-state index in [4.69, 9.17) is 4.74 Å². The summed E-state index contributed by atoms with van der Waals surface area (Å²) in [6, 6.07) is 18.2. The third-order valence-electron chi connectivity index (χ3n) is 6.01. The summed E-state index contributed by atoms with van der Waals surface area (Å²) in [6.45, 7) is 1.67. The Kier molecular flexibility index (Phi) is 5.41. The Morgan fingerprint density at radius 3 is 2.56 bits per heavy atom. The topological polar surface area (TPSA) is 69.0 Å². The second-order valence-electron chi connectivity index (χ2n) is 8.08. The SMILES string of the molecule is O=C(NC1(c2ccc(F)cc2)CCOCC1)c1cnc2c(cnn2Cc2ccccc2)c1. The second-order valence-corrected chi connectivity index (χ2v) is 8.08. The van der Waals surface area contributed by atoms with Crippen molar-refractivity contribution in [1.82, 2.24) is 20.1 Å². The van der Waals surface area contributed by atoms with Gasteiger partial charge in [0.1, 0.15) is 5.82 Å². The Bertz CT molecular complexity index is 1230. The van der Waals surface area contributed by atoms with Crippen molar-refractivity contribution in [1.29, 1.82) is 0 Å². The van der Waals surface area contributed by atoms with Crippen LogP contribution in [0, 0.1) is 5.82 Å². The fourth-order valence-electron chi connectivity index (χ4n) is 4.23. The zero-order valence-electron chi connectivity index (χ0n) is 17.5. The average Bonchev–Trinajstić information content (AvgIpc) is 3.22. The lowest BCUT2D eigenvalue weighted by Gasteiger charge is -2.38. The van der Waals surface area contributed by atoms with Gasteiger partial charge in [0, 0.05) is 24.8 Å². The van der Waals surface area contributed by atoms with Crippen LogP contribution in [0.3, 0.4) is 0 Å². The predicted octanol–water partition coefficient (Wildman–Crippen LogP) is 4.05. The molecule has 0 unspecified atom stereocenters. The molecule has 0 aliphatic carbocycles. The van der Waals surface area contributed by atoms with Gasteiger partial charge in [-0.15, -0.1) is 0 Å². The van der Waals surface area contributed by atoms with E-state index in [-0.39, 0.29) is 11.7 Å². The van der Waals surface area contributed by atoms with Gasteiger partial charge in [0.05, 0.1) is 23.8 Å². The minimum atomic E-state index is -0.602. The van der Waals surface area contributed by atoms with E-state index in [1.54, 1.807) is 24.5 Å². The van der Waals surface area contributed by atoms with Gasteiger partial charge in [-0.25, -0.2) is 14.1 Å². The van der Waals surface area contributed by atoms with E-state index in [1.807, 2.05) is 41.1 Å². The summed E-state index contributed by atoms with van der Waals surface area (Å²) in [6.07, 6.45) is 4.55. The van der Waals surface area contributed by atoms with Gasteiger partial charge >= 0.3 is 0 Å². The molecule has 4 aromatic rings. The highest BCUT2D eigenvalue weighted by molar-refractivity contribution is 5.97. The van der Waals surface area contributed by atoms with Gasteiger partial charge in [-0.2, -0.15) is 5.10 Å². The summed E-state index contributed by atoms with van der Waals surface area (Å²) in [5.41, 5.74) is 2.59. The monoisotopic (exact) mass is 430 g/mol. The van der Waals surface area contributed by atoms with E-state index in [0.29, 0.717) is 38.2 Å². The molecule has 0 radical (unpaired) electrons. The van der Waals surface area contributed by atoms with Gasteiger partial charge in [-0.3, -0.25) is 4.79 Å². The van der Waals surface area contributed by atoms with Gasteiger partial charge in [-0.05, 0) is 42.2 Å². The molecule has 0 saturated carbocycles. The van der Waals surface area contributed by atoms with E-state index in [1.165, 1.54) is 12.1 Å². The molecule has 1 amide bonds. The summed E-state index contributed by atoms with van der Waals surface area (Å²) in [5, 5.41) is 8.44. The Balaban J connectivity index is 1.40. The molecule has 1 fully saturated rings. The molecular weight excluding hydrogens is 407 g/mol. The van der Waals surface area contributed by atoms with Gasteiger partial charge in [0.2, 0.25) is 0 Å². The standard InChI is InChI=1S/C25H23FN4O2/c26-22-8-6-21(7-9-22)25(10-12-32-13-11-25)29-24(31)20-14-19-16-28-30(23(19)27-15-20)17-18-4-2-1-3-5-18/h1-9,14-16H,10-13,17H2,(H,29,31). The third kappa shape index (κ3) is 3.99. The van der Waals surface area contributed by atoms with E-state index in [2.05, 4.69) is 15.4 Å². The van der Waals surface area contributed by atoms with Crippen molar-refractivity contribution < 1.29 is 13.9 Å². The van der Waals surface area contributed by atoms with E-state index < -0.39 is 5.54 Å². The normalized spacial score (nSPS) is 15.5. The van der Waals surface area contributed by atoms with Crippen LogP contribution in [0.15, 0.2) is 73.1 Å². The number of rotatable bonds is 5. The van der Waals surface area contributed by atoms with Crippen LogP contribution in [0.1, 0.15) is 34.3 Å². The van der Waals surface area contributed by atoms with Crippen molar-refractivity contribution in [2.45, 2.75) is 24.9 Å². The molecule has 0 atom stereocenters. The number of benzene rings is 2. The zero-order chi connectivity index (χ0) is 22.0. The maximum Gasteiger partial charge on any atom is 0.253 e. The molecule has 1 N–H and O–H groups in total. The number of nitrogens with zero attached hydrogens (tertiary/aromatic N) is 3. The Morgan fingerprint density at radius 2 is 1.81 bits per heavy atom. The van der Waals surface area contributed by atoms with Crippen molar-refractivity contribution in [2.75, 3.05) is 13.2 Å². The van der Waals surface area contributed by atoms with Crippen LogP contribution in [0.2, 0.25) is 0 Å². The zero-order valence-corrected chi connectivity index (χ0v) is 17.5. The van der Waals surface area contributed by atoms with Crippen LogP contribution in [-0.4, -0.2) is 33.9 Å². The summed E-state index contributed by atoms with van der Waals surface area (Å²) in [4.78, 5) is 17.7. The molecule has 0 spiro atoms. The number of carbonyl (C=O) groups excluding carboxylic acids is 1. The number of pyridine rings is 1. The summed E-state index contributed by atoms with van der Waals surface area (Å²) in [5.74, 6) is -0.522. The first-order chi connectivity index (χ1) is 15.6. The number of carbonyl (C=O) groups is 1. The van der Waals surface area contributed by atoms with Crippen molar-refractivity contribution in [3.63, 3.8) is 0 Å². The molecule has 7 heteroatoms. The van der Waals surface area contributed by atoms with Crippen LogP contribution in [0.4, 0.5) is 4.39 Å². The van der Waals surface area contributed by atoms with Crippen LogP contribution in [0.5, 0.6) is 0 Å². The van der Waals surface area contributed by atoms with Crippen molar-refractivity contribution in [2.24, 2.45) is 0 Å². The number of amides is 1. The van der Waals surface area contributed by atoms with Gasteiger partial charge in [0.25, 0.3) is 5.91 Å². The number of nitrogens with one attached hydrogen (secondary N) is 1. The molecule has 6 nitrogen and oxygen atoms in total. The fourth-order valence-corrected chi connectivity index (χ4v) is 4.23. The smallest absolute Gasteiger partial charge is 0.253 e. The van der Waals surface area contributed by atoms with Crippen LogP contribution >= 0.6 is 0 Å². The Hall–Kier alpha value is -3.58. The Labute approximate surface area is 185 Å². The summed E-state index contributed by atoms with van der Waals surface area (Å²) >= 11 is 0. The van der Waals surface area contributed by atoms with E-state index in [9.17, 15) is 9.18 Å². The van der Waals surface area contributed by atoms with Crippen LogP contribution in [0.25, 0.3) is 11.0 Å². The maximum absolute atomic E-state index is 13.5. The molecule has 2 aromatic heterocycles. The molecule has 5 rings (SSSR count). The highest BCUT2D eigenvalue weighted by atomic mass is 19.1. The minimum Gasteiger partial charge on any atom is -0.381 e. The molecule has 1 aliphatic rings. The molecular formula is C25H23FN4O2. The molecule has 2 aromatic carbocycles. The molecule has 0 bridgehead atoms. The first-order valence-electron chi connectivity index (χ1n) is 10.6. The lowest BCUT2D eigenvalue weighted by atomic mass is 9.82. The second kappa shape index (κ2) is 8.51. The average molecular weight is 430 g/mol. The van der Waals surface area contributed by atoms with E-state index >= 15 is 0 Å². The molecule has 32 heavy (non-hydrogen) atoms. The fraction of sp³-hybridized carbons (Fsp3) is 0.240. The lowest BCUT2D eigenvalue weighted by molar-refractivity contribution is 0.0345. The maximum atomic E-state index is 13.5. The van der Waals surface area contributed by atoms with Crippen LogP contribution < -0.4 is 5.32 Å². The van der Waals surface area contributed by atoms with E-state index in [0.717, 1.165) is 22.2 Å². The quantitative estimate of drug-likeness (QED) is 0.519. The van der Waals surface area contributed by atoms with Crippen molar-refractivity contribution in [3.8, 4) is 0 Å². The lowest BCUT2D eigenvalue weighted by Crippen LogP contribution is -2.49. The number of hydrogen-bond acceptors (Lipinski definition) is 4. The molecule has 1 aliphatic heterocycles. The van der Waals surface area contributed by atoms with Gasteiger partial charge in [-0.1, -0.05) is 42.5 Å². The number of halogens is 1. The first kappa shape index (κ1) is 20.3. The molecule has 162 valence electrons. The largest absolute Gasteiger partial charge is 0.381 e. The highest BCUT2D eigenvalue weighted by Crippen LogP contribution is 2.33. The first-order valence-corrected chi connectivity index (χ1v) is 10.6. The predicted molar refractivity (Wildman–Crippen MR) is 119 cm³/mol. The van der Waals surface area contributed by atoms with Gasteiger partial charge < -0.3 is 10.1 Å². The molecule has 3 heterocycles. The number of fused-ring (bicyclic) bond motifs is 1. The van der Waals surface area contributed by atoms with Crippen LogP contribution in [-0.2, 0) is 16.8 Å². The number of ether oxygens (including phenoxy) is 1. The summed E-state index contributed by atoms with van der Waals surface area (Å²) in [7, 11) is 0. The third-order valence-corrected chi connectivity index (χ3v) is 6.01. The minimum absolute atomic E-state index is 0.221. The Morgan fingerprint density at radius 1 is 1.06 bits per heavy atom. The summed E-state index contributed by atoms with van der Waals surface area (Å²) < 4.78 is 20.8. The number of hydrogen-bond donors (Lipinski definition) is 1.